The van der Waals surface area contributed by atoms with E-state index in [9.17, 15) is 14.3 Å². The van der Waals surface area contributed by atoms with Crippen LogP contribution < -0.4 is 5.32 Å². The number of halogens is 2. The summed E-state index contributed by atoms with van der Waals surface area (Å²) in [4.78, 5) is 11.3. The monoisotopic (exact) mass is 257 g/mol. The average Bonchev–Trinajstić information content (AvgIpc) is 2.25. The van der Waals surface area contributed by atoms with E-state index in [-0.39, 0.29) is 5.02 Å². The van der Waals surface area contributed by atoms with E-state index in [1.54, 1.807) is 6.08 Å². The maximum absolute atomic E-state index is 12.9. The number of aliphatic carboxylic acids is 1. The van der Waals surface area contributed by atoms with E-state index in [4.69, 9.17) is 11.6 Å². The Morgan fingerprint density at radius 3 is 2.82 bits per heavy atom. The Morgan fingerprint density at radius 2 is 2.35 bits per heavy atom. The molecule has 0 amide bonds. The molecular formula is C12H13ClFNO2. The van der Waals surface area contributed by atoms with Crippen molar-refractivity contribution in [2.24, 2.45) is 0 Å². The van der Waals surface area contributed by atoms with Gasteiger partial charge in [-0.2, -0.15) is 0 Å². The van der Waals surface area contributed by atoms with Crippen LogP contribution in [0.5, 0.6) is 0 Å². The molecular weight excluding hydrogens is 245 g/mol. The van der Waals surface area contributed by atoms with Gasteiger partial charge in [-0.15, -0.1) is 6.58 Å². The Labute approximate surface area is 104 Å². The molecule has 0 aliphatic carbocycles. The molecule has 5 heteroatoms. The first kappa shape index (κ1) is 13.7. The molecule has 0 aromatic heterocycles. The highest BCUT2D eigenvalue weighted by Crippen LogP contribution is 2.29. The van der Waals surface area contributed by atoms with Crippen molar-refractivity contribution in [2.45, 2.75) is 12.5 Å². The summed E-state index contributed by atoms with van der Waals surface area (Å²) in [5, 5.41) is 12.1. The molecule has 0 saturated carbocycles. The van der Waals surface area contributed by atoms with Gasteiger partial charge in [0, 0.05) is 17.1 Å². The Bertz CT molecular complexity index is 450. The molecule has 1 rings (SSSR count). The zero-order valence-corrected chi connectivity index (χ0v) is 10.1. The number of hydrogen-bond donors (Lipinski definition) is 2. The second kappa shape index (κ2) is 5.29. The van der Waals surface area contributed by atoms with Crippen molar-refractivity contribution < 1.29 is 14.3 Å². The molecule has 1 aromatic rings. The fourth-order valence-electron chi connectivity index (χ4n) is 1.46. The highest BCUT2D eigenvalue weighted by molar-refractivity contribution is 6.31. The molecule has 2 N–H and O–H groups in total. The van der Waals surface area contributed by atoms with Crippen molar-refractivity contribution in [3.05, 3.63) is 47.3 Å². The maximum atomic E-state index is 12.9. The first-order chi connectivity index (χ1) is 7.91. The Kier molecular flexibility index (Phi) is 4.26. The molecule has 1 atom stereocenters. The van der Waals surface area contributed by atoms with E-state index in [1.165, 1.54) is 19.1 Å². The average molecular weight is 258 g/mol. The standard InChI is InChI=1S/C12H13ClFNO2/c1-3-6-15-12(2,11(16)17)9-5-4-8(14)7-10(9)13/h3-5,7,15H,1,6H2,2H3,(H,16,17). The lowest BCUT2D eigenvalue weighted by atomic mass is 9.92. The molecule has 1 unspecified atom stereocenters. The smallest absolute Gasteiger partial charge is 0.328 e. The third-order valence-electron chi connectivity index (χ3n) is 2.50. The molecule has 17 heavy (non-hydrogen) atoms. The SMILES string of the molecule is C=CCNC(C)(C(=O)O)c1ccc(F)cc1Cl. The summed E-state index contributed by atoms with van der Waals surface area (Å²) in [6, 6.07) is 3.63. The van der Waals surface area contributed by atoms with Gasteiger partial charge in [-0.3, -0.25) is 5.32 Å². The van der Waals surface area contributed by atoms with Crippen molar-refractivity contribution in [2.75, 3.05) is 6.54 Å². The second-order valence-corrected chi connectivity index (χ2v) is 4.13. The van der Waals surface area contributed by atoms with E-state index in [2.05, 4.69) is 11.9 Å². The first-order valence-corrected chi connectivity index (χ1v) is 5.34. The van der Waals surface area contributed by atoms with Crippen LogP contribution in [0.4, 0.5) is 4.39 Å². The van der Waals surface area contributed by atoms with Gasteiger partial charge in [0.15, 0.2) is 0 Å². The molecule has 0 spiro atoms. The van der Waals surface area contributed by atoms with E-state index >= 15 is 0 Å². The predicted molar refractivity (Wildman–Crippen MR) is 64.6 cm³/mol. The summed E-state index contributed by atoms with van der Waals surface area (Å²) in [5.41, 5.74) is -1.06. The van der Waals surface area contributed by atoms with Gasteiger partial charge in [-0.1, -0.05) is 23.7 Å². The number of carboxylic acid groups (broad SMARTS) is 1. The lowest BCUT2D eigenvalue weighted by Crippen LogP contribution is -2.46. The Balaban J connectivity index is 3.22. The normalized spacial score (nSPS) is 14.1. The zero-order chi connectivity index (χ0) is 13.1. The largest absolute Gasteiger partial charge is 0.480 e. The van der Waals surface area contributed by atoms with Crippen molar-refractivity contribution in [1.29, 1.82) is 0 Å². The van der Waals surface area contributed by atoms with Crippen LogP contribution in [0.3, 0.4) is 0 Å². The Hall–Kier alpha value is -1.39. The van der Waals surface area contributed by atoms with Gasteiger partial charge in [0.25, 0.3) is 0 Å². The summed E-state index contributed by atoms with van der Waals surface area (Å²) in [6.45, 7) is 5.28. The third-order valence-corrected chi connectivity index (χ3v) is 2.81. The Morgan fingerprint density at radius 1 is 1.71 bits per heavy atom. The van der Waals surface area contributed by atoms with Gasteiger partial charge in [0.05, 0.1) is 0 Å². The molecule has 92 valence electrons. The molecule has 0 aliphatic heterocycles. The highest BCUT2D eigenvalue weighted by atomic mass is 35.5. The van der Waals surface area contributed by atoms with Crippen LogP contribution >= 0.6 is 11.6 Å². The quantitative estimate of drug-likeness (QED) is 0.797. The van der Waals surface area contributed by atoms with Crippen LogP contribution in [0.1, 0.15) is 12.5 Å². The highest BCUT2D eigenvalue weighted by Gasteiger charge is 2.36. The van der Waals surface area contributed by atoms with Crippen molar-refractivity contribution in [1.82, 2.24) is 5.32 Å². The van der Waals surface area contributed by atoms with Crippen LogP contribution in [0.25, 0.3) is 0 Å². The molecule has 0 bridgehead atoms. The van der Waals surface area contributed by atoms with Gasteiger partial charge in [-0.05, 0) is 19.1 Å². The molecule has 0 aliphatic rings. The first-order valence-electron chi connectivity index (χ1n) is 4.96. The predicted octanol–water partition coefficient (Wildman–Crippen LogP) is 2.55. The van der Waals surface area contributed by atoms with Crippen LogP contribution in [0.2, 0.25) is 5.02 Å². The topological polar surface area (TPSA) is 49.3 Å². The van der Waals surface area contributed by atoms with Crippen molar-refractivity contribution in [3.63, 3.8) is 0 Å². The molecule has 3 nitrogen and oxygen atoms in total. The minimum Gasteiger partial charge on any atom is -0.480 e. The molecule has 0 heterocycles. The lowest BCUT2D eigenvalue weighted by molar-refractivity contribution is -0.144. The number of carboxylic acids is 1. The number of nitrogens with one attached hydrogen (secondary N) is 1. The summed E-state index contributed by atoms with van der Waals surface area (Å²) in [6.07, 6.45) is 1.54. The summed E-state index contributed by atoms with van der Waals surface area (Å²) < 4.78 is 12.9. The zero-order valence-electron chi connectivity index (χ0n) is 9.34. The van der Waals surface area contributed by atoms with Gasteiger partial charge in [0.1, 0.15) is 11.4 Å². The van der Waals surface area contributed by atoms with Crippen LogP contribution in [-0.2, 0) is 10.3 Å². The molecule has 0 radical (unpaired) electrons. The fourth-order valence-corrected chi connectivity index (χ4v) is 1.81. The van der Waals surface area contributed by atoms with Crippen LogP contribution in [-0.4, -0.2) is 17.6 Å². The molecule has 1 aromatic carbocycles. The van der Waals surface area contributed by atoms with Crippen LogP contribution in [0, 0.1) is 5.82 Å². The summed E-state index contributed by atoms with van der Waals surface area (Å²) >= 11 is 5.87. The van der Waals surface area contributed by atoms with Gasteiger partial charge in [-0.25, -0.2) is 9.18 Å². The molecule has 0 fully saturated rings. The van der Waals surface area contributed by atoms with Crippen LogP contribution in [0.15, 0.2) is 30.9 Å². The van der Waals surface area contributed by atoms with Gasteiger partial charge < -0.3 is 5.11 Å². The maximum Gasteiger partial charge on any atom is 0.328 e. The third kappa shape index (κ3) is 2.84. The fraction of sp³-hybridized carbons (Fsp3) is 0.250. The molecule has 0 saturated heterocycles. The number of rotatable bonds is 5. The minimum atomic E-state index is -1.38. The van der Waals surface area contributed by atoms with E-state index in [1.807, 2.05) is 0 Å². The second-order valence-electron chi connectivity index (χ2n) is 3.72. The van der Waals surface area contributed by atoms with Crippen molar-refractivity contribution >= 4 is 17.6 Å². The van der Waals surface area contributed by atoms with Gasteiger partial charge >= 0.3 is 5.97 Å². The van der Waals surface area contributed by atoms with E-state index in [0.717, 1.165) is 6.07 Å². The summed E-state index contributed by atoms with van der Waals surface area (Å²) in [7, 11) is 0. The van der Waals surface area contributed by atoms with Crippen molar-refractivity contribution in [3.8, 4) is 0 Å². The number of hydrogen-bond acceptors (Lipinski definition) is 2. The number of carbonyl (C=O) groups is 1. The lowest BCUT2D eigenvalue weighted by Gasteiger charge is -2.27. The van der Waals surface area contributed by atoms with Gasteiger partial charge in [0.2, 0.25) is 0 Å². The van der Waals surface area contributed by atoms with E-state index in [0.29, 0.717) is 12.1 Å². The minimum absolute atomic E-state index is 0.0754. The summed E-state index contributed by atoms with van der Waals surface area (Å²) in [5.74, 6) is -1.59. The number of benzene rings is 1. The van der Waals surface area contributed by atoms with E-state index < -0.39 is 17.3 Å².